The minimum Gasteiger partial charge on any atom is -0.449 e. The minimum atomic E-state index is -0.612. The maximum Gasteiger partial charge on any atom is 0.357 e. The quantitative estimate of drug-likeness (QED) is 0.680. The Morgan fingerprint density at radius 3 is 2.67 bits per heavy atom. The highest BCUT2D eigenvalue weighted by Gasteiger charge is 2.20. The Bertz CT molecular complexity index is 756. The zero-order chi connectivity index (χ0) is 19.1. The molecule has 0 spiro atoms. The number of morpholine rings is 1. The van der Waals surface area contributed by atoms with Crippen LogP contribution in [0.15, 0.2) is 42.9 Å². The fraction of sp³-hybridized carbons (Fsp3) is 0.421. The van der Waals surface area contributed by atoms with E-state index in [1.165, 1.54) is 6.20 Å². The molecular formula is C19H23N3O5. The first kappa shape index (κ1) is 19.1. The van der Waals surface area contributed by atoms with E-state index < -0.39 is 18.5 Å². The van der Waals surface area contributed by atoms with E-state index in [9.17, 15) is 9.59 Å². The lowest BCUT2D eigenvalue weighted by Crippen LogP contribution is -2.38. The number of rotatable bonds is 7. The number of carbonyl (C=O) groups is 2. The molecule has 0 N–H and O–H groups in total. The zero-order valence-electron chi connectivity index (χ0n) is 15.2. The predicted octanol–water partition coefficient (Wildman–Crippen LogP) is 1.48. The van der Waals surface area contributed by atoms with E-state index in [1.54, 1.807) is 10.9 Å². The van der Waals surface area contributed by atoms with Crippen molar-refractivity contribution in [2.45, 2.75) is 13.0 Å². The Morgan fingerprint density at radius 1 is 1.19 bits per heavy atom. The van der Waals surface area contributed by atoms with Crippen LogP contribution in [0.2, 0.25) is 0 Å². The number of hydrogen-bond acceptors (Lipinski definition) is 7. The Morgan fingerprint density at radius 2 is 1.93 bits per heavy atom. The van der Waals surface area contributed by atoms with Gasteiger partial charge in [0.1, 0.15) is 12.4 Å². The van der Waals surface area contributed by atoms with Gasteiger partial charge in [-0.25, -0.2) is 14.6 Å². The summed E-state index contributed by atoms with van der Waals surface area (Å²) in [7, 11) is 0. The van der Waals surface area contributed by atoms with Crippen LogP contribution in [-0.4, -0.2) is 66.0 Å². The molecule has 1 atom stereocenters. The van der Waals surface area contributed by atoms with Gasteiger partial charge >= 0.3 is 11.9 Å². The average Bonchev–Trinajstić information content (AvgIpc) is 3.21. The lowest BCUT2D eigenvalue weighted by Gasteiger charge is -2.25. The van der Waals surface area contributed by atoms with E-state index in [2.05, 4.69) is 4.98 Å². The lowest BCUT2D eigenvalue weighted by atomic mass is 10.1. The Kier molecular flexibility index (Phi) is 6.56. The molecule has 8 nitrogen and oxygen atoms in total. The van der Waals surface area contributed by atoms with Crippen molar-refractivity contribution in [3.05, 3.63) is 54.1 Å². The lowest BCUT2D eigenvalue weighted by molar-refractivity contribution is -0.153. The third-order valence-corrected chi connectivity index (χ3v) is 4.41. The summed E-state index contributed by atoms with van der Waals surface area (Å²) in [6.07, 6.45) is 3.01. The highest BCUT2D eigenvalue weighted by molar-refractivity contribution is 5.89. The number of aromatic nitrogens is 2. The summed E-state index contributed by atoms with van der Waals surface area (Å²) in [6.45, 7) is 4.36. The first-order valence-electron chi connectivity index (χ1n) is 8.85. The smallest absolute Gasteiger partial charge is 0.357 e. The second-order valence-electron chi connectivity index (χ2n) is 6.22. The van der Waals surface area contributed by atoms with E-state index in [-0.39, 0.29) is 18.5 Å². The molecule has 1 saturated heterocycles. The van der Waals surface area contributed by atoms with Crippen LogP contribution in [-0.2, 0) is 19.0 Å². The first-order valence-corrected chi connectivity index (χ1v) is 8.85. The van der Waals surface area contributed by atoms with Gasteiger partial charge in [-0.2, -0.15) is 0 Å². The van der Waals surface area contributed by atoms with Gasteiger partial charge in [-0.15, -0.1) is 0 Å². The summed E-state index contributed by atoms with van der Waals surface area (Å²) in [5, 5.41) is 0. The second-order valence-corrected chi connectivity index (χ2v) is 6.22. The van der Waals surface area contributed by atoms with Crippen molar-refractivity contribution in [3.8, 4) is 0 Å². The number of nitrogens with zero attached hydrogens (tertiary/aromatic N) is 3. The molecule has 1 aromatic heterocycles. The summed E-state index contributed by atoms with van der Waals surface area (Å²) in [6, 6.07) is 9.66. The average molecular weight is 373 g/mol. The van der Waals surface area contributed by atoms with Crippen molar-refractivity contribution in [2.75, 3.05) is 39.6 Å². The zero-order valence-corrected chi connectivity index (χ0v) is 15.2. The van der Waals surface area contributed by atoms with Crippen molar-refractivity contribution in [2.24, 2.45) is 0 Å². The van der Waals surface area contributed by atoms with Crippen LogP contribution in [0.1, 0.15) is 29.0 Å². The van der Waals surface area contributed by atoms with Gasteiger partial charge in [0.2, 0.25) is 0 Å². The van der Waals surface area contributed by atoms with E-state index >= 15 is 0 Å². The molecule has 8 heteroatoms. The van der Waals surface area contributed by atoms with Crippen LogP contribution < -0.4 is 0 Å². The van der Waals surface area contributed by atoms with Crippen LogP contribution in [0.25, 0.3) is 0 Å². The van der Waals surface area contributed by atoms with Gasteiger partial charge in [0.25, 0.3) is 0 Å². The summed E-state index contributed by atoms with van der Waals surface area (Å²) < 4.78 is 17.2. The molecule has 144 valence electrons. The normalized spacial score (nSPS) is 15.9. The molecule has 2 heterocycles. The number of carbonyl (C=O) groups excluding carboxylic acids is 2. The summed E-state index contributed by atoms with van der Waals surface area (Å²) in [5.74, 6) is -1.20. The Labute approximate surface area is 157 Å². The standard InChI is InChI=1S/C19H23N3O5/c1-15(16-5-3-2-4-6-16)22-13-20-11-17(22)19(24)26-12-18(23)27-14-21-7-9-25-10-8-21/h2-6,11,13,15H,7-10,12,14H2,1H3. The molecule has 0 bridgehead atoms. The fourth-order valence-corrected chi connectivity index (χ4v) is 2.80. The number of esters is 2. The van der Waals surface area contributed by atoms with Crippen LogP contribution in [0.4, 0.5) is 0 Å². The van der Waals surface area contributed by atoms with Gasteiger partial charge in [0.15, 0.2) is 6.61 Å². The SMILES string of the molecule is CC(c1ccccc1)n1cncc1C(=O)OCC(=O)OCN1CCOCC1. The molecule has 1 fully saturated rings. The molecule has 0 amide bonds. The number of hydrogen-bond donors (Lipinski definition) is 0. The van der Waals surface area contributed by atoms with Gasteiger partial charge in [0.05, 0.1) is 31.8 Å². The fourth-order valence-electron chi connectivity index (χ4n) is 2.80. The highest BCUT2D eigenvalue weighted by atomic mass is 16.6. The molecular weight excluding hydrogens is 350 g/mol. The molecule has 1 aliphatic rings. The van der Waals surface area contributed by atoms with E-state index in [0.717, 1.165) is 5.56 Å². The molecule has 0 saturated carbocycles. The topological polar surface area (TPSA) is 82.9 Å². The molecule has 1 aliphatic heterocycles. The van der Waals surface area contributed by atoms with Gasteiger partial charge in [-0.1, -0.05) is 30.3 Å². The van der Waals surface area contributed by atoms with Gasteiger partial charge in [-0.3, -0.25) is 4.90 Å². The first-order chi connectivity index (χ1) is 13.1. The molecule has 1 unspecified atom stereocenters. The molecule has 0 radical (unpaired) electrons. The number of ether oxygens (including phenoxy) is 3. The van der Waals surface area contributed by atoms with E-state index in [1.807, 2.05) is 42.2 Å². The molecule has 0 aliphatic carbocycles. The minimum absolute atomic E-state index is 0.0930. The maximum atomic E-state index is 12.4. The third kappa shape index (κ3) is 5.15. The van der Waals surface area contributed by atoms with E-state index in [4.69, 9.17) is 14.2 Å². The van der Waals surface area contributed by atoms with Crippen LogP contribution in [0, 0.1) is 0 Å². The largest absolute Gasteiger partial charge is 0.449 e. The van der Waals surface area contributed by atoms with E-state index in [0.29, 0.717) is 26.3 Å². The molecule has 27 heavy (non-hydrogen) atoms. The monoisotopic (exact) mass is 373 g/mol. The van der Waals surface area contributed by atoms with Crippen LogP contribution in [0.5, 0.6) is 0 Å². The summed E-state index contributed by atoms with van der Waals surface area (Å²) in [4.78, 5) is 30.2. The van der Waals surface area contributed by atoms with Crippen LogP contribution in [0.3, 0.4) is 0 Å². The van der Waals surface area contributed by atoms with Crippen molar-refractivity contribution in [1.29, 1.82) is 0 Å². The number of benzene rings is 1. The Hall–Kier alpha value is -2.71. The van der Waals surface area contributed by atoms with Gasteiger partial charge in [-0.05, 0) is 12.5 Å². The third-order valence-electron chi connectivity index (χ3n) is 4.41. The van der Waals surface area contributed by atoms with Gasteiger partial charge in [0, 0.05) is 13.1 Å². The van der Waals surface area contributed by atoms with Gasteiger partial charge < -0.3 is 18.8 Å². The van der Waals surface area contributed by atoms with Crippen molar-refractivity contribution < 1.29 is 23.8 Å². The van der Waals surface area contributed by atoms with Crippen molar-refractivity contribution in [3.63, 3.8) is 0 Å². The highest BCUT2D eigenvalue weighted by Crippen LogP contribution is 2.19. The van der Waals surface area contributed by atoms with Crippen LogP contribution >= 0.6 is 0 Å². The van der Waals surface area contributed by atoms with Crippen molar-refractivity contribution >= 4 is 11.9 Å². The second kappa shape index (κ2) is 9.29. The molecule has 2 aromatic rings. The Balaban J connectivity index is 1.51. The number of imidazole rings is 1. The summed E-state index contributed by atoms with van der Waals surface area (Å²) >= 11 is 0. The maximum absolute atomic E-state index is 12.4. The predicted molar refractivity (Wildman–Crippen MR) is 96.1 cm³/mol. The summed E-state index contributed by atoms with van der Waals surface area (Å²) in [5.41, 5.74) is 1.32. The van der Waals surface area contributed by atoms with Crippen molar-refractivity contribution in [1.82, 2.24) is 14.5 Å². The molecule has 1 aromatic carbocycles. The molecule has 3 rings (SSSR count).